The number of carbonyl (C=O) groups is 2. The van der Waals surface area contributed by atoms with E-state index in [1.165, 1.54) is 11.3 Å². The van der Waals surface area contributed by atoms with Crippen LogP contribution in [0.25, 0.3) is 0 Å². The number of nitrogens with zero attached hydrogens (tertiary/aromatic N) is 2. The zero-order valence-electron chi connectivity index (χ0n) is 14.3. The van der Waals surface area contributed by atoms with E-state index in [0.717, 1.165) is 31.8 Å². The second-order valence-electron chi connectivity index (χ2n) is 6.87. The number of rotatable bonds is 5. The summed E-state index contributed by atoms with van der Waals surface area (Å²) in [5.74, 6) is 2.36. The van der Waals surface area contributed by atoms with Gasteiger partial charge >= 0.3 is 0 Å². The van der Waals surface area contributed by atoms with Crippen LogP contribution >= 0.6 is 11.8 Å². The maximum Gasteiger partial charge on any atom is 0.242 e. The Kier molecular flexibility index (Phi) is 5.82. The standard InChI is InChI=1S/C19H26N2O2S/c1-24-14-15-7-9-20(10-8-15)19(23)13-21-12-17(11-18(21)22)16-5-3-2-4-6-16/h2-6,15,17H,7-14H2,1H3. The van der Waals surface area contributed by atoms with Gasteiger partial charge in [0.25, 0.3) is 0 Å². The maximum atomic E-state index is 12.5. The first-order chi connectivity index (χ1) is 11.7. The van der Waals surface area contributed by atoms with E-state index < -0.39 is 0 Å². The van der Waals surface area contributed by atoms with Gasteiger partial charge in [-0.05, 0) is 36.3 Å². The lowest BCUT2D eigenvalue weighted by Gasteiger charge is -2.32. The number of amides is 2. The summed E-state index contributed by atoms with van der Waals surface area (Å²) in [5, 5.41) is 0. The minimum Gasteiger partial charge on any atom is -0.341 e. The van der Waals surface area contributed by atoms with E-state index in [1.807, 2.05) is 34.9 Å². The van der Waals surface area contributed by atoms with Crippen LogP contribution in [0.1, 0.15) is 30.7 Å². The first-order valence-electron chi connectivity index (χ1n) is 8.77. The second kappa shape index (κ2) is 8.06. The number of benzene rings is 1. The molecule has 1 unspecified atom stereocenters. The van der Waals surface area contributed by atoms with Crippen molar-refractivity contribution in [1.82, 2.24) is 9.80 Å². The van der Waals surface area contributed by atoms with Gasteiger partial charge in [-0.15, -0.1) is 0 Å². The van der Waals surface area contributed by atoms with Crippen LogP contribution in [0.4, 0.5) is 0 Å². The van der Waals surface area contributed by atoms with E-state index in [4.69, 9.17) is 0 Å². The van der Waals surface area contributed by atoms with Crippen LogP contribution in [-0.4, -0.2) is 59.8 Å². The van der Waals surface area contributed by atoms with Crippen molar-refractivity contribution in [2.45, 2.75) is 25.2 Å². The average molecular weight is 346 g/mol. The number of hydrogen-bond acceptors (Lipinski definition) is 3. The zero-order valence-corrected chi connectivity index (χ0v) is 15.1. The highest BCUT2D eigenvalue weighted by Gasteiger charge is 2.33. The van der Waals surface area contributed by atoms with E-state index >= 15 is 0 Å². The highest BCUT2D eigenvalue weighted by molar-refractivity contribution is 7.98. The van der Waals surface area contributed by atoms with Gasteiger partial charge in [0.15, 0.2) is 0 Å². The molecule has 3 rings (SSSR count). The Morgan fingerprint density at radius 2 is 1.92 bits per heavy atom. The molecule has 2 saturated heterocycles. The number of thioether (sulfide) groups is 1. The van der Waals surface area contributed by atoms with Gasteiger partial charge in [0.1, 0.15) is 0 Å². The van der Waals surface area contributed by atoms with Crippen LogP contribution in [-0.2, 0) is 9.59 Å². The van der Waals surface area contributed by atoms with E-state index in [0.29, 0.717) is 13.0 Å². The van der Waals surface area contributed by atoms with Crippen molar-refractivity contribution < 1.29 is 9.59 Å². The van der Waals surface area contributed by atoms with E-state index in [-0.39, 0.29) is 24.3 Å². The van der Waals surface area contributed by atoms with Gasteiger partial charge < -0.3 is 9.80 Å². The monoisotopic (exact) mass is 346 g/mol. The topological polar surface area (TPSA) is 40.6 Å². The third kappa shape index (κ3) is 4.12. The molecule has 1 aromatic rings. The van der Waals surface area contributed by atoms with E-state index in [1.54, 1.807) is 4.90 Å². The van der Waals surface area contributed by atoms with E-state index in [9.17, 15) is 9.59 Å². The van der Waals surface area contributed by atoms with Gasteiger partial charge in [-0.2, -0.15) is 11.8 Å². The Hall–Kier alpha value is -1.49. The molecule has 2 aliphatic rings. The fraction of sp³-hybridized carbons (Fsp3) is 0.579. The first-order valence-corrected chi connectivity index (χ1v) is 10.2. The highest BCUT2D eigenvalue weighted by atomic mass is 32.2. The Morgan fingerprint density at radius 1 is 1.21 bits per heavy atom. The first kappa shape index (κ1) is 17.3. The third-order valence-corrected chi connectivity index (χ3v) is 5.99. The van der Waals surface area contributed by atoms with Crippen molar-refractivity contribution in [3.8, 4) is 0 Å². The lowest BCUT2D eigenvalue weighted by Crippen LogP contribution is -2.44. The molecule has 0 saturated carbocycles. The fourth-order valence-corrected chi connectivity index (χ4v) is 4.53. The zero-order chi connectivity index (χ0) is 16.9. The van der Waals surface area contributed by atoms with Crippen molar-refractivity contribution >= 4 is 23.6 Å². The van der Waals surface area contributed by atoms with Gasteiger partial charge in [-0.1, -0.05) is 30.3 Å². The van der Waals surface area contributed by atoms with Crippen LogP contribution in [0, 0.1) is 5.92 Å². The van der Waals surface area contributed by atoms with Gasteiger partial charge in [0.2, 0.25) is 11.8 Å². The molecular weight excluding hydrogens is 320 g/mol. The largest absolute Gasteiger partial charge is 0.341 e. The summed E-state index contributed by atoms with van der Waals surface area (Å²) >= 11 is 1.89. The number of piperidine rings is 1. The average Bonchev–Trinajstić information content (AvgIpc) is 2.97. The van der Waals surface area contributed by atoms with Gasteiger partial charge in [0.05, 0.1) is 6.54 Å². The molecule has 5 heteroatoms. The molecule has 24 heavy (non-hydrogen) atoms. The Bertz CT molecular complexity index is 570. The lowest BCUT2D eigenvalue weighted by atomic mass is 9.98. The molecule has 130 valence electrons. The highest BCUT2D eigenvalue weighted by Crippen LogP contribution is 2.28. The van der Waals surface area contributed by atoms with Crippen LogP contribution < -0.4 is 0 Å². The Balaban J connectivity index is 1.51. The molecular formula is C19H26N2O2S. The fourth-order valence-electron chi connectivity index (χ4n) is 3.72. The minimum absolute atomic E-state index is 0.106. The smallest absolute Gasteiger partial charge is 0.242 e. The molecule has 0 bridgehead atoms. The van der Waals surface area contributed by atoms with Crippen LogP contribution in [0.3, 0.4) is 0 Å². The van der Waals surface area contributed by atoms with Gasteiger partial charge in [0, 0.05) is 32.0 Å². The van der Waals surface area contributed by atoms with Crippen molar-refractivity contribution in [3.63, 3.8) is 0 Å². The van der Waals surface area contributed by atoms with Crippen molar-refractivity contribution in [3.05, 3.63) is 35.9 Å². The molecule has 4 nitrogen and oxygen atoms in total. The maximum absolute atomic E-state index is 12.5. The van der Waals surface area contributed by atoms with E-state index in [2.05, 4.69) is 18.4 Å². The predicted molar refractivity (Wildman–Crippen MR) is 98.1 cm³/mol. The number of carbonyl (C=O) groups excluding carboxylic acids is 2. The lowest BCUT2D eigenvalue weighted by molar-refractivity contribution is -0.139. The Morgan fingerprint density at radius 3 is 2.58 bits per heavy atom. The minimum atomic E-state index is 0.106. The van der Waals surface area contributed by atoms with Crippen LogP contribution in [0.2, 0.25) is 0 Å². The molecule has 0 spiro atoms. The molecule has 1 aromatic carbocycles. The van der Waals surface area contributed by atoms with Crippen LogP contribution in [0.5, 0.6) is 0 Å². The van der Waals surface area contributed by atoms with Crippen molar-refractivity contribution in [1.29, 1.82) is 0 Å². The summed E-state index contributed by atoms with van der Waals surface area (Å²) < 4.78 is 0. The second-order valence-corrected chi connectivity index (χ2v) is 7.78. The number of hydrogen-bond donors (Lipinski definition) is 0. The summed E-state index contributed by atoms with van der Waals surface area (Å²) in [6.07, 6.45) is 4.84. The van der Waals surface area contributed by atoms with Crippen LogP contribution in [0.15, 0.2) is 30.3 Å². The molecule has 0 aromatic heterocycles. The third-order valence-electron chi connectivity index (χ3n) is 5.18. The predicted octanol–water partition coefficient (Wildman–Crippen LogP) is 2.60. The molecule has 0 aliphatic carbocycles. The molecule has 0 N–H and O–H groups in total. The molecule has 2 amide bonds. The molecule has 2 heterocycles. The van der Waals surface area contributed by atoms with Crippen molar-refractivity contribution in [2.75, 3.05) is 38.2 Å². The quantitative estimate of drug-likeness (QED) is 0.823. The SMILES string of the molecule is CSCC1CCN(C(=O)CN2CC(c3ccccc3)CC2=O)CC1. The van der Waals surface area contributed by atoms with Gasteiger partial charge in [-0.3, -0.25) is 9.59 Å². The number of likely N-dealkylation sites (tertiary alicyclic amines) is 2. The summed E-state index contributed by atoms with van der Waals surface area (Å²) in [7, 11) is 0. The summed E-state index contributed by atoms with van der Waals surface area (Å²) in [6, 6.07) is 10.1. The molecule has 2 aliphatic heterocycles. The molecule has 2 fully saturated rings. The molecule has 0 radical (unpaired) electrons. The summed E-state index contributed by atoms with van der Waals surface area (Å²) in [6.45, 7) is 2.59. The normalized spacial score (nSPS) is 22.2. The summed E-state index contributed by atoms with van der Waals surface area (Å²) in [4.78, 5) is 28.5. The molecule has 1 atom stereocenters. The van der Waals surface area contributed by atoms with Crippen molar-refractivity contribution in [2.24, 2.45) is 5.92 Å². The summed E-state index contributed by atoms with van der Waals surface area (Å²) in [5.41, 5.74) is 1.19. The Labute approximate surface area is 148 Å². The van der Waals surface area contributed by atoms with Gasteiger partial charge in [-0.25, -0.2) is 0 Å².